The fraction of sp³-hybridized carbons (Fsp3) is 0.300. The molecule has 0 fully saturated rings. The monoisotopic (exact) mass is 340 g/mol. The lowest BCUT2D eigenvalue weighted by atomic mass is 9.74. The number of esters is 1. The van der Waals surface area contributed by atoms with E-state index in [1.54, 1.807) is 26.4 Å². The minimum Gasteiger partial charge on any atom is -0.497 e. The van der Waals surface area contributed by atoms with Gasteiger partial charge in [0, 0.05) is 5.92 Å². The number of methoxy groups -OCH3 is 1. The molecule has 0 amide bonds. The van der Waals surface area contributed by atoms with Crippen LogP contribution in [0.2, 0.25) is 0 Å². The smallest absolute Gasteiger partial charge is 0.317 e. The summed E-state index contributed by atoms with van der Waals surface area (Å²) in [6.45, 7) is 1.98. The predicted molar refractivity (Wildman–Crippen MR) is 92.2 cm³/mol. The Morgan fingerprint density at radius 2 is 2.00 bits per heavy atom. The van der Waals surface area contributed by atoms with Crippen molar-refractivity contribution in [2.75, 3.05) is 13.7 Å². The molecule has 0 spiro atoms. The summed E-state index contributed by atoms with van der Waals surface area (Å²) in [6, 6.07) is 11.0. The van der Waals surface area contributed by atoms with E-state index in [2.05, 4.69) is 0 Å². The molecule has 0 N–H and O–H groups in total. The molecule has 5 heteroatoms. The van der Waals surface area contributed by atoms with Gasteiger partial charge in [0.15, 0.2) is 5.78 Å². The molecule has 0 bridgehead atoms. The van der Waals surface area contributed by atoms with E-state index in [4.69, 9.17) is 13.9 Å². The van der Waals surface area contributed by atoms with Crippen molar-refractivity contribution in [1.29, 1.82) is 0 Å². The summed E-state index contributed by atoms with van der Waals surface area (Å²) in [5.41, 5.74) is 1.68. The van der Waals surface area contributed by atoms with Crippen LogP contribution in [0.1, 0.15) is 30.6 Å². The quantitative estimate of drug-likeness (QED) is 0.614. The molecule has 0 radical (unpaired) electrons. The fourth-order valence-electron chi connectivity index (χ4n) is 3.18. The van der Waals surface area contributed by atoms with Crippen molar-refractivity contribution in [2.24, 2.45) is 5.92 Å². The molecule has 1 aliphatic carbocycles. The van der Waals surface area contributed by atoms with Crippen LogP contribution >= 0.6 is 0 Å². The van der Waals surface area contributed by atoms with Gasteiger partial charge in [0.05, 0.1) is 20.0 Å². The number of furan rings is 1. The lowest BCUT2D eigenvalue weighted by molar-refractivity contribution is -0.151. The highest BCUT2D eigenvalue weighted by atomic mass is 16.5. The molecule has 5 nitrogen and oxygen atoms in total. The Hall–Kier alpha value is -2.82. The maximum atomic E-state index is 12.7. The van der Waals surface area contributed by atoms with E-state index >= 15 is 0 Å². The van der Waals surface area contributed by atoms with Crippen LogP contribution in [0.25, 0.3) is 5.57 Å². The summed E-state index contributed by atoms with van der Waals surface area (Å²) in [5, 5.41) is 0. The Kier molecular flexibility index (Phi) is 5.03. The zero-order chi connectivity index (χ0) is 17.8. The highest BCUT2D eigenvalue weighted by Gasteiger charge is 2.40. The SMILES string of the molecule is CCOC(=O)[C@@H]1C(=O)C=C(c2ccco2)C[C@H]1c1ccc(OC)cc1. The third-order valence-electron chi connectivity index (χ3n) is 4.39. The average molecular weight is 340 g/mol. The van der Waals surface area contributed by atoms with Crippen molar-refractivity contribution in [3.8, 4) is 5.75 Å². The van der Waals surface area contributed by atoms with Crippen molar-refractivity contribution in [2.45, 2.75) is 19.3 Å². The van der Waals surface area contributed by atoms with Crippen LogP contribution in [-0.4, -0.2) is 25.5 Å². The average Bonchev–Trinajstić information content (AvgIpc) is 3.16. The van der Waals surface area contributed by atoms with Gasteiger partial charge in [-0.25, -0.2) is 0 Å². The van der Waals surface area contributed by atoms with Crippen molar-refractivity contribution in [3.63, 3.8) is 0 Å². The predicted octanol–water partition coefficient (Wildman–Crippen LogP) is 3.61. The highest BCUT2D eigenvalue weighted by Crippen LogP contribution is 2.40. The fourth-order valence-corrected chi connectivity index (χ4v) is 3.18. The Bertz CT molecular complexity index is 771. The van der Waals surface area contributed by atoms with Gasteiger partial charge in [-0.1, -0.05) is 12.1 Å². The minimum absolute atomic E-state index is 0.243. The molecule has 1 aromatic heterocycles. The number of benzene rings is 1. The zero-order valence-corrected chi connectivity index (χ0v) is 14.2. The number of hydrogen-bond donors (Lipinski definition) is 0. The van der Waals surface area contributed by atoms with E-state index in [9.17, 15) is 9.59 Å². The molecule has 2 atom stereocenters. The van der Waals surface area contributed by atoms with Crippen LogP contribution < -0.4 is 4.74 Å². The third-order valence-corrected chi connectivity index (χ3v) is 4.39. The van der Waals surface area contributed by atoms with E-state index in [-0.39, 0.29) is 18.3 Å². The van der Waals surface area contributed by atoms with Crippen LogP contribution in [0.5, 0.6) is 5.75 Å². The second kappa shape index (κ2) is 7.38. The molecule has 0 aliphatic heterocycles. The first-order chi connectivity index (χ1) is 12.1. The second-order valence-corrected chi connectivity index (χ2v) is 5.86. The summed E-state index contributed by atoms with van der Waals surface area (Å²) < 4.78 is 15.8. The van der Waals surface area contributed by atoms with Crippen molar-refractivity contribution >= 4 is 17.3 Å². The van der Waals surface area contributed by atoms with E-state index in [0.717, 1.165) is 16.9 Å². The maximum absolute atomic E-state index is 12.7. The van der Waals surface area contributed by atoms with Gasteiger partial charge in [0.2, 0.25) is 0 Å². The van der Waals surface area contributed by atoms with Gasteiger partial charge < -0.3 is 13.9 Å². The van der Waals surface area contributed by atoms with Gasteiger partial charge in [-0.05, 0) is 54.8 Å². The molecule has 3 rings (SSSR count). The third kappa shape index (κ3) is 3.50. The summed E-state index contributed by atoms with van der Waals surface area (Å²) in [6.07, 6.45) is 3.59. The number of ketones is 1. The molecule has 2 aromatic rings. The first-order valence-electron chi connectivity index (χ1n) is 8.23. The zero-order valence-electron chi connectivity index (χ0n) is 14.2. The van der Waals surface area contributed by atoms with E-state index in [0.29, 0.717) is 12.2 Å². The van der Waals surface area contributed by atoms with Gasteiger partial charge in [0.25, 0.3) is 0 Å². The van der Waals surface area contributed by atoms with Gasteiger partial charge in [-0.3, -0.25) is 9.59 Å². The normalized spacial score (nSPS) is 20.1. The van der Waals surface area contributed by atoms with Crippen LogP contribution in [-0.2, 0) is 14.3 Å². The molecule has 130 valence electrons. The summed E-state index contributed by atoms with van der Waals surface area (Å²) in [7, 11) is 1.60. The Morgan fingerprint density at radius 1 is 1.24 bits per heavy atom. The van der Waals surface area contributed by atoms with Gasteiger partial charge in [0.1, 0.15) is 17.4 Å². The first kappa shape index (κ1) is 17.0. The molecule has 0 saturated heterocycles. The number of hydrogen-bond acceptors (Lipinski definition) is 5. The van der Waals surface area contributed by atoms with Crippen LogP contribution in [0.15, 0.2) is 53.2 Å². The molecule has 1 aromatic carbocycles. The van der Waals surface area contributed by atoms with E-state index in [1.807, 2.05) is 30.3 Å². The summed E-state index contributed by atoms with van der Waals surface area (Å²) >= 11 is 0. The van der Waals surface area contributed by atoms with Gasteiger partial charge in [-0.2, -0.15) is 0 Å². The molecule has 1 aliphatic rings. The Balaban J connectivity index is 1.98. The van der Waals surface area contributed by atoms with E-state index in [1.165, 1.54) is 6.08 Å². The van der Waals surface area contributed by atoms with Crippen LogP contribution in [0, 0.1) is 5.92 Å². The molecular formula is C20H20O5. The first-order valence-corrected chi connectivity index (χ1v) is 8.23. The summed E-state index contributed by atoms with van der Waals surface area (Å²) in [4.78, 5) is 25.1. The number of carbonyl (C=O) groups is 2. The maximum Gasteiger partial charge on any atom is 0.317 e. The van der Waals surface area contributed by atoms with Crippen molar-refractivity contribution in [3.05, 3.63) is 60.1 Å². The molecular weight excluding hydrogens is 320 g/mol. The second-order valence-electron chi connectivity index (χ2n) is 5.86. The number of rotatable bonds is 5. The highest BCUT2D eigenvalue weighted by molar-refractivity contribution is 6.10. The Labute approximate surface area is 146 Å². The van der Waals surface area contributed by atoms with Crippen molar-refractivity contribution in [1.82, 2.24) is 0 Å². The lowest BCUT2D eigenvalue weighted by Crippen LogP contribution is -2.33. The number of carbonyl (C=O) groups excluding carboxylic acids is 2. The largest absolute Gasteiger partial charge is 0.497 e. The molecule has 0 unspecified atom stereocenters. The molecule has 25 heavy (non-hydrogen) atoms. The van der Waals surface area contributed by atoms with E-state index < -0.39 is 11.9 Å². The summed E-state index contributed by atoms with van der Waals surface area (Å²) in [5.74, 6) is -0.510. The van der Waals surface area contributed by atoms with Crippen LogP contribution in [0.3, 0.4) is 0 Å². The Morgan fingerprint density at radius 3 is 2.60 bits per heavy atom. The van der Waals surface area contributed by atoms with Crippen LogP contribution in [0.4, 0.5) is 0 Å². The number of allylic oxidation sites excluding steroid dienone is 2. The topological polar surface area (TPSA) is 65.7 Å². The van der Waals surface area contributed by atoms with Crippen molar-refractivity contribution < 1.29 is 23.5 Å². The minimum atomic E-state index is -0.841. The lowest BCUT2D eigenvalue weighted by Gasteiger charge is -2.28. The molecule has 1 heterocycles. The standard InChI is InChI=1S/C20H20O5/c1-3-24-20(22)19-16(13-6-8-15(23-2)9-7-13)11-14(12-17(19)21)18-5-4-10-25-18/h4-10,12,16,19H,3,11H2,1-2H3/t16-,19-/m0/s1. The number of ether oxygens (including phenoxy) is 2. The molecule has 0 saturated carbocycles. The van der Waals surface area contributed by atoms with Gasteiger partial charge >= 0.3 is 5.97 Å². The van der Waals surface area contributed by atoms with Gasteiger partial charge in [-0.15, -0.1) is 0 Å².